The number of non-ortho nitro benzene ring substituents is 2. The second-order valence-corrected chi connectivity index (χ2v) is 11.2. The van der Waals surface area contributed by atoms with Crippen LogP contribution in [0.1, 0.15) is 16.7 Å². The van der Waals surface area contributed by atoms with Crippen LogP contribution in [-0.4, -0.2) is 49.0 Å². The standard InChI is InChI=1S/C27H27N3O9S/c1-39-27(32)25(16-20-9-13-24(14-10-20)30(35)36)28-26(31)22(15-19-7-11-23(12-8-19)29(33)34)18-40(37,38)17-21-5-3-2-4-6-21/h2-14,22,25H,15-18H2,1H3,(H,28,31)/t22-,25-/m0/s1. The molecule has 0 aromatic heterocycles. The van der Waals surface area contributed by atoms with E-state index in [4.69, 9.17) is 4.74 Å². The van der Waals surface area contributed by atoms with E-state index in [9.17, 15) is 38.2 Å². The first-order chi connectivity index (χ1) is 19.0. The molecular formula is C27H27N3O9S. The van der Waals surface area contributed by atoms with Gasteiger partial charge in [-0.3, -0.25) is 25.0 Å². The highest BCUT2D eigenvalue weighted by Crippen LogP contribution is 2.19. The lowest BCUT2D eigenvalue weighted by Gasteiger charge is -2.22. The van der Waals surface area contributed by atoms with E-state index < -0.39 is 49.3 Å². The first-order valence-electron chi connectivity index (χ1n) is 12.1. The Morgan fingerprint density at radius 3 is 1.77 bits per heavy atom. The van der Waals surface area contributed by atoms with Crippen LogP contribution in [-0.2, 0) is 42.8 Å². The first-order valence-corrected chi connectivity index (χ1v) is 13.9. The van der Waals surface area contributed by atoms with Crippen molar-refractivity contribution in [2.24, 2.45) is 5.92 Å². The third kappa shape index (κ3) is 8.70. The normalized spacial score (nSPS) is 12.6. The molecule has 0 saturated carbocycles. The minimum atomic E-state index is -3.80. The maximum atomic E-state index is 13.4. The molecule has 0 fully saturated rings. The summed E-state index contributed by atoms with van der Waals surface area (Å²) in [5.74, 6) is -3.50. The highest BCUT2D eigenvalue weighted by molar-refractivity contribution is 7.90. The van der Waals surface area contributed by atoms with Crippen molar-refractivity contribution in [2.75, 3.05) is 12.9 Å². The van der Waals surface area contributed by atoms with Crippen LogP contribution in [0.3, 0.4) is 0 Å². The number of methoxy groups -OCH3 is 1. The van der Waals surface area contributed by atoms with Crippen molar-refractivity contribution in [1.82, 2.24) is 5.32 Å². The van der Waals surface area contributed by atoms with Gasteiger partial charge in [-0.05, 0) is 23.1 Å². The van der Waals surface area contributed by atoms with Crippen LogP contribution in [0, 0.1) is 26.1 Å². The van der Waals surface area contributed by atoms with Crippen LogP contribution < -0.4 is 5.32 Å². The molecule has 210 valence electrons. The number of carbonyl (C=O) groups excluding carboxylic acids is 2. The molecule has 0 unspecified atom stereocenters. The summed E-state index contributed by atoms with van der Waals surface area (Å²) in [5.41, 5.74) is 1.24. The van der Waals surface area contributed by atoms with E-state index in [2.05, 4.69) is 5.32 Å². The molecule has 1 N–H and O–H groups in total. The summed E-state index contributed by atoms with van der Waals surface area (Å²) in [6.45, 7) is 0. The number of nitrogens with one attached hydrogen (secondary N) is 1. The van der Waals surface area contributed by atoms with Crippen LogP contribution in [0.2, 0.25) is 0 Å². The number of nitrogens with zero attached hydrogens (tertiary/aromatic N) is 2. The Hall–Kier alpha value is -4.65. The molecule has 13 heteroatoms. The largest absolute Gasteiger partial charge is 0.467 e. The predicted molar refractivity (Wildman–Crippen MR) is 145 cm³/mol. The average molecular weight is 570 g/mol. The lowest BCUT2D eigenvalue weighted by molar-refractivity contribution is -0.385. The van der Waals surface area contributed by atoms with Gasteiger partial charge in [-0.15, -0.1) is 0 Å². The van der Waals surface area contributed by atoms with Crippen molar-refractivity contribution in [3.63, 3.8) is 0 Å². The average Bonchev–Trinajstić information content (AvgIpc) is 2.92. The van der Waals surface area contributed by atoms with E-state index in [0.717, 1.165) is 7.11 Å². The zero-order chi connectivity index (χ0) is 29.3. The minimum Gasteiger partial charge on any atom is -0.467 e. The Morgan fingerprint density at radius 2 is 1.30 bits per heavy atom. The van der Waals surface area contributed by atoms with Crippen LogP contribution in [0.25, 0.3) is 0 Å². The summed E-state index contributed by atoms with van der Waals surface area (Å²) in [5, 5.41) is 24.5. The topological polar surface area (TPSA) is 176 Å². The molecular weight excluding hydrogens is 542 g/mol. The molecule has 12 nitrogen and oxygen atoms in total. The van der Waals surface area contributed by atoms with Crippen LogP contribution in [0.5, 0.6) is 0 Å². The molecule has 0 bridgehead atoms. The SMILES string of the molecule is COC(=O)[C@H](Cc1ccc([N+](=O)[O-])cc1)NC(=O)[C@@H](Cc1ccc([N+](=O)[O-])cc1)CS(=O)(=O)Cc1ccccc1. The molecule has 40 heavy (non-hydrogen) atoms. The monoisotopic (exact) mass is 569 g/mol. The minimum absolute atomic E-state index is 0.0581. The number of hydrogen-bond donors (Lipinski definition) is 1. The van der Waals surface area contributed by atoms with E-state index >= 15 is 0 Å². The molecule has 0 radical (unpaired) electrons. The summed E-state index contributed by atoms with van der Waals surface area (Å²) < 4.78 is 31.0. The van der Waals surface area contributed by atoms with Gasteiger partial charge in [0, 0.05) is 30.7 Å². The van der Waals surface area contributed by atoms with Gasteiger partial charge in [0.25, 0.3) is 11.4 Å². The van der Waals surface area contributed by atoms with E-state index in [-0.39, 0.29) is 30.0 Å². The van der Waals surface area contributed by atoms with Gasteiger partial charge in [0.05, 0.1) is 34.4 Å². The highest BCUT2D eigenvalue weighted by Gasteiger charge is 2.30. The number of sulfone groups is 1. The van der Waals surface area contributed by atoms with Crippen LogP contribution in [0.4, 0.5) is 11.4 Å². The maximum absolute atomic E-state index is 13.4. The number of hydrogen-bond acceptors (Lipinski definition) is 9. The van der Waals surface area contributed by atoms with Crippen LogP contribution >= 0.6 is 0 Å². The van der Waals surface area contributed by atoms with Crippen LogP contribution in [0.15, 0.2) is 78.9 Å². The lowest BCUT2D eigenvalue weighted by Crippen LogP contribution is -2.47. The smallest absolute Gasteiger partial charge is 0.328 e. The van der Waals surface area contributed by atoms with Crippen molar-refractivity contribution < 1.29 is 32.6 Å². The Labute approximate surface area is 230 Å². The first kappa shape index (κ1) is 29.9. The quantitative estimate of drug-likeness (QED) is 0.184. The van der Waals surface area contributed by atoms with Gasteiger partial charge in [0.1, 0.15) is 6.04 Å². The van der Waals surface area contributed by atoms with E-state index in [1.165, 1.54) is 48.5 Å². The van der Waals surface area contributed by atoms with Crippen molar-refractivity contribution in [3.05, 3.63) is 116 Å². The third-order valence-corrected chi connectivity index (χ3v) is 7.76. The number of rotatable bonds is 13. The molecule has 0 aliphatic rings. The highest BCUT2D eigenvalue weighted by atomic mass is 32.2. The summed E-state index contributed by atoms with van der Waals surface area (Å²) in [7, 11) is -2.67. The summed E-state index contributed by atoms with van der Waals surface area (Å²) in [6.07, 6.45) is -0.124. The fourth-order valence-electron chi connectivity index (χ4n) is 4.07. The number of benzene rings is 3. The Balaban J connectivity index is 1.85. The Morgan fingerprint density at radius 1 is 0.800 bits per heavy atom. The third-order valence-electron chi connectivity index (χ3n) is 6.07. The molecule has 0 heterocycles. The van der Waals surface area contributed by atoms with Gasteiger partial charge in [-0.25, -0.2) is 13.2 Å². The number of carbonyl (C=O) groups is 2. The van der Waals surface area contributed by atoms with Crippen molar-refractivity contribution in [3.8, 4) is 0 Å². The molecule has 0 aliphatic carbocycles. The summed E-state index contributed by atoms with van der Waals surface area (Å²) in [4.78, 5) is 46.7. The molecule has 0 saturated heterocycles. The number of nitro benzene ring substituents is 2. The molecule has 0 aliphatic heterocycles. The number of esters is 1. The fourth-order valence-corrected chi connectivity index (χ4v) is 5.77. The fraction of sp³-hybridized carbons (Fsp3) is 0.259. The molecule has 3 aromatic carbocycles. The molecule has 1 amide bonds. The van der Waals surface area contributed by atoms with Gasteiger partial charge in [0.15, 0.2) is 9.84 Å². The van der Waals surface area contributed by atoms with E-state index in [1.54, 1.807) is 30.3 Å². The zero-order valence-corrected chi connectivity index (χ0v) is 22.3. The van der Waals surface area contributed by atoms with Gasteiger partial charge < -0.3 is 10.1 Å². The predicted octanol–water partition coefficient (Wildman–Crippen LogP) is 3.18. The molecule has 0 spiro atoms. The maximum Gasteiger partial charge on any atom is 0.328 e. The van der Waals surface area contributed by atoms with Crippen molar-refractivity contribution >= 4 is 33.1 Å². The van der Waals surface area contributed by atoms with Gasteiger partial charge in [0.2, 0.25) is 5.91 Å². The molecule has 3 aromatic rings. The number of nitro groups is 2. The summed E-state index contributed by atoms with van der Waals surface area (Å²) >= 11 is 0. The second-order valence-electron chi connectivity index (χ2n) is 9.08. The lowest BCUT2D eigenvalue weighted by atomic mass is 9.98. The number of amides is 1. The van der Waals surface area contributed by atoms with Gasteiger partial charge >= 0.3 is 5.97 Å². The van der Waals surface area contributed by atoms with E-state index in [0.29, 0.717) is 16.7 Å². The molecule has 2 atom stereocenters. The van der Waals surface area contributed by atoms with Gasteiger partial charge in [-0.2, -0.15) is 0 Å². The number of ether oxygens (including phenoxy) is 1. The second kappa shape index (κ2) is 13.4. The zero-order valence-electron chi connectivity index (χ0n) is 21.5. The molecule has 3 rings (SSSR count). The Kier molecular flexibility index (Phi) is 10.0. The van der Waals surface area contributed by atoms with E-state index in [1.807, 2.05) is 0 Å². The Bertz CT molecular complexity index is 1460. The van der Waals surface area contributed by atoms with Crippen molar-refractivity contribution in [2.45, 2.75) is 24.6 Å². The summed E-state index contributed by atoms with van der Waals surface area (Å²) in [6, 6.07) is 18.1. The van der Waals surface area contributed by atoms with Crippen molar-refractivity contribution in [1.29, 1.82) is 0 Å². The van der Waals surface area contributed by atoms with Gasteiger partial charge in [-0.1, -0.05) is 54.6 Å².